The van der Waals surface area contributed by atoms with Crippen LogP contribution in [0.4, 0.5) is 4.79 Å². The van der Waals surface area contributed by atoms with Gasteiger partial charge < -0.3 is 19.9 Å². The molecule has 124 valence electrons. The van der Waals surface area contributed by atoms with Crippen LogP contribution in [-0.4, -0.2) is 27.9 Å². The summed E-state index contributed by atoms with van der Waals surface area (Å²) in [6.07, 6.45) is 2.41. The van der Waals surface area contributed by atoms with E-state index >= 15 is 0 Å². The van der Waals surface area contributed by atoms with Crippen LogP contribution >= 0.6 is 0 Å². The van der Waals surface area contributed by atoms with E-state index in [0.29, 0.717) is 6.54 Å². The van der Waals surface area contributed by atoms with E-state index in [2.05, 4.69) is 20.8 Å². The van der Waals surface area contributed by atoms with Crippen molar-refractivity contribution in [2.24, 2.45) is 0 Å². The molecule has 1 atom stereocenters. The van der Waals surface area contributed by atoms with Crippen molar-refractivity contribution in [3.05, 3.63) is 42.0 Å². The van der Waals surface area contributed by atoms with Crippen molar-refractivity contribution in [1.82, 2.24) is 25.4 Å². The first-order chi connectivity index (χ1) is 11.2. The summed E-state index contributed by atoms with van der Waals surface area (Å²) in [5.41, 5.74) is 0.962. The third-order valence-corrected chi connectivity index (χ3v) is 3.67. The van der Waals surface area contributed by atoms with Crippen molar-refractivity contribution in [2.75, 3.05) is 7.11 Å². The summed E-state index contributed by atoms with van der Waals surface area (Å²) in [5, 5.41) is 13.6. The van der Waals surface area contributed by atoms with Crippen molar-refractivity contribution in [2.45, 2.75) is 39.4 Å². The average molecular weight is 317 g/mol. The predicted octanol–water partition coefficient (Wildman–Crippen LogP) is 2.26. The Morgan fingerprint density at radius 3 is 2.83 bits per heavy atom. The summed E-state index contributed by atoms with van der Waals surface area (Å²) in [4.78, 5) is 12.2. The number of urea groups is 1. The molecule has 1 aromatic heterocycles. The van der Waals surface area contributed by atoms with Crippen molar-refractivity contribution in [1.29, 1.82) is 0 Å². The first-order valence-electron chi connectivity index (χ1n) is 7.73. The molecule has 2 aromatic rings. The van der Waals surface area contributed by atoms with Gasteiger partial charge >= 0.3 is 6.03 Å². The lowest BCUT2D eigenvalue weighted by Crippen LogP contribution is -2.38. The molecule has 0 aliphatic carbocycles. The van der Waals surface area contributed by atoms with Gasteiger partial charge in [-0.2, -0.15) is 0 Å². The third kappa shape index (κ3) is 4.21. The number of hydrogen-bond acceptors (Lipinski definition) is 4. The molecule has 1 heterocycles. The Bertz CT molecular complexity index is 641. The van der Waals surface area contributed by atoms with E-state index in [1.807, 2.05) is 42.7 Å². The number of ether oxygens (including phenoxy) is 1. The monoisotopic (exact) mass is 317 g/mol. The van der Waals surface area contributed by atoms with Crippen LogP contribution in [0.5, 0.6) is 5.75 Å². The summed E-state index contributed by atoms with van der Waals surface area (Å²) in [6, 6.07) is 7.34. The molecule has 0 saturated heterocycles. The lowest BCUT2D eigenvalue weighted by Gasteiger charge is -2.20. The second-order valence-electron chi connectivity index (χ2n) is 5.06. The maximum absolute atomic E-state index is 12.2. The predicted molar refractivity (Wildman–Crippen MR) is 87.1 cm³/mol. The molecule has 0 saturated carbocycles. The standard InChI is InChI=1S/C16H23N5O2/c1-4-13(12-8-6-7-9-14(12)23-3)19-16(22)17-10-15-20-18-11-21(15)5-2/h6-9,11,13H,4-5,10H2,1-3H3,(H2,17,19,22). The minimum absolute atomic E-state index is 0.116. The fourth-order valence-electron chi connectivity index (χ4n) is 2.40. The maximum Gasteiger partial charge on any atom is 0.315 e. The molecule has 0 aliphatic rings. The molecule has 0 bridgehead atoms. The summed E-state index contributed by atoms with van der Waals surface area (Å²) in [7, 11) is 1.63. The number of para-hydroxylation sites is 1. The normalized spacial score (nSPS) is 11.8. The van der Waals surface area contributed by atoms with E-state index < -0.39 is 0 Å². The smallest absolute Gasteiger partial charge is 0.315 e. The molecule has 0 fully saturated rings. The number of carbonyl (C=O) groups is 1. The van der Waals surface area contributed by atoms with Crippen LogP contribution in [0.2, 0.25) is 0 Å². The lowest BCUT2D eigenvalue weighted by molar-refractivity contribution is 0.235. The van der Waals surface area contributed by atoms with Crippen molar-refractivity contribution in [3.63, 3.8) is 0 Å². The summed E-state index contributed by atoms with van der Waals surface area (Å²) >= 11 is 0. The molecule has 23 heavy (non-hydrogen) atoms. The largest absolute Gasteiger partial charge is 0.496 e. The van der Waals surface area contributed by atoms with E-state index in [0.717, 1.165) is 30.1 Å². The number of nitrogens with one attached hydrogen (secondary N) is 2. The molecule has 2 rings (SSSR count). The van der Waals surface area contributed by atoms with Crippen LogP contribution in [0.15, 0.2) is 30.6 Å². The lowest BCUT2D eigenvalue weighted by atomic mass is 10.0. The fraction of sp³-hybridized carbons (Fsp3) is 0.438. The number of benzene rings is 1. The van der Waals surface area contributed by atoms with Crippen LogP contribution in [-0.2, 0) is 13.1 Å². The number of hydrogen-bond donors (Lipinski definition) is 2. The Hall–Kier alpha value is -2.57. The van der Waals surface area contributed by atoms with Gasteiger partial charge in [-0.25, -0.2) is 4.79 Å². The molecule has 1 unspecified atom stereocenters. The zero-order valence-corrected chi connectivity index (χ0v) is 13.7. The Labute approximate surface area is 136 Å². The molecular formula is C16H23N5O2. The molecule has 2 amide bonds. The highest BCUT2D eigenvalue weighted by molar-refractivity contribution is 5.74. The second kappa shape index (κ2) is 8.17. The molecule has 2 N–H and O–H groups in total. The van der Waals surface area contributed by atoms with Gasteiger partial charge in [0.05, 0.1) is 19.7 Å². The van der Waals surface area contributed by atoms with Gasteiger partial charge in [0.15, 0.2) is 5.82 Å². The van der Waals surface area contributed by atoms with Gasteiger partial charge in [0.2, 0.25) is 0 Å². The fourth-order valence-corrected chi connectivity index (χ4v) is 2.40. The summed E-state index contributed by atoms with van der Waals surface area (Å²) < 4.78 is 7.25. The number of aryl methyl sites for hydroxylation is 1. The van der Waals surface area contributed by atoms with Gasteiger partial charge in [-0.3, -0.25) is 0 Å². The highest BCUT2D eigenvalue weighted by atomic mass is 16.5. The molecule has 0 spiro atoms. The molecule has 7 nitrogen and oxygen atoms in total. The zero-order chi connectivity index (χ0) is 16.7. The first kappa shape index (κ1) is 16.8. The van der Waals surface area contributed by atoms with Gasteiger partial charge in [0.25, 0.3) is 0 Å². The number of carbonyl (C=O) groups excluding carboxylic acids is 1. The molecule has 1 aromatic carbocycles. The van der Waals surface area contributed by atoms with E-state index in [1.165, 1.54) is 0 Å². The van der Waals surface area contributed by atoms with E-state index in [1.54, 1.807) is 13.4 Å². The number of amides is 2. The van der Waals surface area contributed by atoms with Crippen LogP contribution in [0, 0.1) is 0 Å². The quantitative estimate of drug-likeness (QED) is 0.821. The van der Waals surface area contributed by atoms with E-state index in [-0.39, 0.29) is 12.1 Å². The van der Waals surface area contributed by atoms with Crippen molar-refractivity contribution >= 4 is 6.03 Å². The van der Waals surface area contributed by atoms with Gasteiger partial charge in [-0.05, 0) is 19.4 Å². The Morgan fingerprint density at radius 2 is 2.13 bits per heavy atom. The van der Waals surface area contributed by atoms with Crippen LogP contribution in [0.1, 0.15) is 37.7 Å². The average Bonchev–Trinajstić information content (AvgIpc) is 3.05. The first-order valence-corrected chi connectivity index (χ1v) is 7.73. The number of methoxy groups -OCH3 is 1. The van der Waals surface area contributed by atoms with Crippen LogP contribution in [0.25, 0.3) is 0 Å². The Morgan fingerprint density at radius 1 is 1.35 bits per heavy atom. The van der Waals surface area contributed by atoms with Gasteiger partial charge in [0.1, 0.15) is 12.1 Å². The number of rotatable bonds is 7. The SMILES string of the molecule is CCC(NC(=O)NCc1nncn1CC)c1ccccc1OC. The maximum atomic E-state index is 12.2. The number of aromatic nitrogens is 3. The molecular weight excluding hydrogens is 294 g/mol. The topological polar surface area (TPSA) is 81.1 Å². The number of nitrogens with zero attached hydrogens (tertiary/aromatic N) is 3. The highest BCUT2D eigenvalue weighted by Gasteiger charge is 2.16. The minimum Gasteiger partial charge on any atom is -0.496 e. The molecule has 7 heteroatoms. The van der Waals surface area contributed by atoms with Crippen molar-refractivity contribution < 1.29 is 9.53 Å². The summed E-state index contributed by atoms with van der Waals surface area (Å²) in [6.45, 7) is 5.12. The Balaban J connectivity index is 1.97. The molecule has 0 radical (unpaired) electrons. The van der Waals surface area contributed by atoms with Crippen molar-refractivity contribution in [3.8, 4) is 5.75 Å². The highest BCUT2D eigenvalue weighted by Crippen LogP contribution is 2.26. The van der Waals surface area contributed by atoms with Gasteiger partial charge in [0, 0.05) is 12.1 Å². The second-order valence-corrected chi connectivity index (χ2v) is 5.06. The van der Waals surface area contributed by atoms with Gasteiger partial charge in [-0.1, -0.05) is 25.1 Å². The minimum atomic E-state index is -0.242. The van der Waals surface area contributed by atoms with Crippen LogP contribution in [0.3, 0.4) is 0 Å². The van der Waals surface area contributed by atoms with E-state index in [9.17, 15) is 4.79 Å². The Kier molecular flexibility index (Phi) is 5.96. The molecule has 0 aliphatic heterocycles. The summed E-state index contributed by atoms with van der Waals surface area (Å²) in [5.74, 6) is 1.50. The zero-order valence-electron chi connectivity index (χ0n) is 13.7. The van der Waals surface area contributed by atoms with Crippen LogP contribution < -0.4 is 15.4 Å². The third-order valence-electron chi connectivity index (χ3n) is 3.67. The van der Waals surface area contributed by atoms with Gasteiger partial charge in [-0.15, -0.1) is 10.2 Å². The van der Waals surface area contributed by atoms with E-state index in [4.69, 9.17) is 4.74 Å².